The standard InChI is InChI=1S/C13H13FN2O2/c1-8-7-15-13(18-8)9(2)16-12(17)10-3-5-11(14)6-4-10/h3-7,9H,1-2H3,(H,16,17). The summed E-state index contributed by atoms with van der Waals surface area (Å²) in [7, 11) is 0. The number of aryl methyl sites for hydroxylation is 1. The largest absolute Gasteiger partial charge is 0.444 e. The molecule has 0 spiro atoms. The molecule has 0 aliphatic heterocycles. The fourth-order valence-corrected chi connectivity index (χ4v) is 1.52. The van der Waals surface area contributed by atoms with Crippen LogP contribution in [0, 0.1) is 12.7 Å². The van der Waals surface area contributed by atoms with Crippen LogP contribution in [-0.2, 0) is 0 Å². The topological polar surface area (TPSA) is 55.1 Å². The second-order valence-corrected chi connectivity index (χ2v) is 4.01. The van der Waals surface area contributed by atoms with Gasteiger partial charge >= 0.3 is 0 Å². The Morgan fingerprint density at radius 1 is 1.39 bits per heavy atom. The first-order chi connectivity index (χ1) is 8.56. The Bertz CT molecular complexity index is 548. The van der Waals surface area contributed by atoms with Crippen LogP contribution in [0.25, 0.3) is 0 Å². The van der Waals surface area contributed by atoms with Crippen molar-refractivity contribution in [3.05, 3.63) is 53.5 Å². The van der Waals surface area contributed by atoms with Crippen molar-refractivity contribution < 1.29 is 13.6 Å². The molecule has 2 aromatic rings. The Balaban J connectivity index is 2.05. The zero-order valence-electron chi connectivity index (χ0n) is 10.1. The van der Waals surface area contributed by atoms with Gasteiger partial charge in [-0.15, -0.1) is 0 Å². The van der Waals surface area contributed by atoms with Crippen molar-refractivity contribution in [3.8, 4) is 0 Å². The molecule has 1 aromatic heterocycles. The minimum atomic E-state index is -0.372. The van der Waals surface area contributed by atoms with E-state index >= 15 is 0 Å². The summed E-state index contributed by atoms with van der Waals surface area (Å²) in [5.74, 6) is 0.470. The van der Waals surface area contributed by atoms with E-state index in [0.717, 1.165) is 0 Å². The van der Waals surface area contributed by atoms with Gasteiger partial charge in [0.2, 0.25) is 5.89 Å². The molecule has 1 atom stereocenters. The highest BCUT2D eigenvalue weighted by Crippen LogP contribution is 2.13. The van der Waals surface area contributed by atoms with Gasteiger partial charge in [0.1, 0.15) is 17.6 Å². The van der Waals surface area contributed by atoms with E-state index in [1.807, 2.05) is 0 Å². The van der Waals surface area contributed by atoms with Crippen molar-refractivity contribution in [1.82, 2.24) is 10.3 Å². The molecule has 18 heavy (non-hydrogen) atoms. The molecule has 1 amide bonds. The van der Waals surface area contributed by atoms with Crippen LogP contribution in [0.5, 0.6) is 0 Å². The van der Waals surface area contributed by atoms with Crippen molar-refractivity contribution >= 4 is 5.91 Å². The molecule has 0 aliphatic carbocycles. The second-order valence-electron chi connectivity index (χ2n) is 4.01. The number of halogens is 1. The smallest absolute Gasteiger partial charge is 0.251 e. The molecule has 0 aliphatic rings. The van der Waals surface area contributed by atoms with E-state index in [0.29, 0.717) is 17.2 Å². The molecule has 94 valence electrons. The maximum absolute atomic E-state index is 12.7. The van der Waals surface area contributed by atoms with Gasteiger partial charge in [0, 0.05) is 5.56 Å². The number of nitrogens with one attached hydrogen (secondary N) is 1. The average molecular weight is 248 g/mol. The number of amides is 1. The van der Waals surface area contributed by atoms with Crippen LogP contribution in [0.1, 0.15) is 35.0 Å². The average Bonchev–Trinajstić information content (AvgIpc) is 2.76. The predicted octanol–water partition coefficient (Wildman–Crippen LogP) is 2.61. The van der Waals surface area contributed by atoms with Crippen molar-refractivity contribution in [2.75, 3.05) is 0 Å². The summed E-state index contributed by atoms with van der Waals surface area (Å²) in [6, 6.07) is 5.01. The van der Waals surface area contributed by atoms with Gasteiger partial charge < -0.3 is 9.73 Å². The highest BCUT2D eigenvalue weighted by atomic mass is 19.1. The van der Waals surface area contributed by atoms with Crippen LogP contribution in [0.3, 0.4) is 0 Å². The lowest BCUT2D eigenvalue weighted by molar-refractivity contribution is 0.0934. The van der Waals surface area contributed by atoms with Crippen molar-refractivity contribution in [1.29, 1.82) is 0 Å². The van der Waals surface area contributed by atoms with Crippen LogP contribution in [0.4, 0.5) is 4.39 Å². The maximum atomic E-state index is 12.7. The third-order valence-electron chi connectivity index (χ3n) is 2.46. The maximum Gasteiger partial charge on any atom is 0.251 e. The van der Waals surface area contributed by atoms with Gasteiger partial charge in [-0.05, 0) is 38.1 Å². The van der Waals surface area contributed by atoms with Gasteiger partial charge in [-0.2, -0.15) is 0 Å². The second kappa shape index (κ2) is 5.00. The summed E-state index contributed by atoms with van der Waals surface area (Å²) in [6.07, 6.45) is 1.59. The minimum Gasteiger partial charge on any atom is -0.444 e. The number of aromatic nitrogens is 1. The van der Waals surface area contributed by atoms with Crippen molar-refractivity contribution in [3.63, 3.8) is 0 Å². The zero-order chi connectivity index (χ0) is 13.1. The Labute approximate surface area is 104 Å². The van der Waals surface area contributed by atoms with Gasteiger partial charge in [-0.25, -0.2) is 9.37 Å². The first-order valence-electron chi connectivity index (χ1n) is 5.55. The molecule has 4 nitrogen and oxygen atoms in total. The van der Waals surface area contributed by atoms with Crippen LogP contribution >= 0.6 is 0 Å². The van der Waals surface area contributed by atoms with Crippen LogP contribution < -0.4 is 5.32 Å². The molecule has 1 N–H and O–H groups in total. The van der Waals surface area contributed by atoms with E-state index in [2.05, 4.69) is 10.3 Å². The molecule has 0 saturated heterocycles. The van der Waals surface area contributed by atoms with Crippen molar-refractivity contribution in [2.45, 2.75) is 19.9 Å². The molecule has 0 saturated carbocycles. The van der Waals surface area contributed by atoms with Gasteiger partial charge in [0.25, 0.3) is 5.91 Å². The van der Waals surface area contributed by atoms with Crippen LogP contribution in [0.15, 0.2) is 34.9 Å². The zero-order valence-corrected chi connectivity index (χ0v) is 10.1. The highest BCUT2D eigenvalue weighted by Gasteiger charge is 2.15. The molecule has 0 radical (unpaired) electrons. The number of carbonyl (C=O) groups excluding carboxylic acids is 1. The molecule has 0 bridgehead atoms. The van der Waals surface area contributed by atoms with E-state index < -0.39 is 0 Å². The lowest BCUT2D eigenvalue weighted by atomic mass is 10.2. The third-order valence-corrected chi connectivity index (χ3v) is 2.46. The minimum absolute atomic E-state index is 0.293. The van der Waals surface area contributed by atoms with E-state index in [1.54, 1.807) is 20.0 Å². The number of nitrogens with zero attached hydrogens (tertiary/aromatic N) is 1. The van der Waals surface area contributed by atoms with E-state index in [1.165, 1.54) is 24.3 Å². The number of carbonyl (C=O) groups is 1. The van der Waals surface area contributed by atoms with Gasteiger partial charge in [-0.1, -0.05) is 0 Å². The van der Waals surface area contributed by atoms with E-state index in [9.17, 15) is 9.18 Å². The van der Waals surface area contributed by atoms with E-state index in [4.69, 9.17) is 4.42 Å². The van der Waals surface area contributed by atoms with Gasteiger partial charge in [0.15, 0.2) is 0 Å². The predicted molar refractivity (Wildman–Crippen MR) is 63.5 cm³/mol. The first-order valence-corrected chi connectivity index (χ1v) is 5.55. The van der Waals surface area contributed by atoms with E-state index in [-0.39, 0.29) is 17.8 Å². The fourth-order valence-electron chi connectivity index (χ4n) is 1.52. The molecular formula is C13H13FN2O2. The molecule has 2 rings (SSSR count). The Morgan fingerprint density at radius 3 is 2.61 bits per heavy atom. The number of hydrogen-bond acceptors (Lipinski definition) is 3. The number of rotatable bonds is 3. The Hall–Kier alpha value is -2.17. The number of benzene rings is 1. The summed E-state index contributed by atoms with van der Waals surface area (Å²) in [4.78, 5) is 15.9. The lowest BCUT2D eigenvalue weighted by Gasteiger charge is -2.10. The lowest BCUT2D eigenvalue weighted by Crippen LogP contribution is -2.26. The summed E-state index contributed by atoms with van der Waals surface area (Å²) in [5, 5.41) is 2.73. The highest BCUT2D eigenvalue weighted by molar-refractivity contribution is 5.94. The van der Waals surface area contributed by atoms with Crippen LogP contribution in [-0.4, -0.2) is 10.9 Å². The van der Waals surface area contributed by atoms with Crippen LogP contribution in [0.2, 0.25) is 0 Å². The fraction of sp³-hybridized carbons (Fsp3) is 0.231. The summed E-state index contributed by atoms with van der Waals surface area (Å²) < 4.78 is 18.0. The monoisotopic (exact) mass is 248 g/mol. The number of oxazole rings is 1. The molecule has 1 heterocycles. The van der Waals surface area contributed by atoms with Crippen molar-refractivity contribution in [2.24, 2.45) is 0 Å². The molecule has 1 unspecified atom stereocenters. The molecule has 0 fully saturated rings. The Kier molecular flexibility index (Phi) is 3.41. The molecule has 5 heteroatoms. The Morgan fingerprint density at radius 2 is 2.06 bits per heavy atom. The first kappa shape index (κ1) is 12.3. The summed E-state index contributed by atoms with van der Waals surface area (Å²) >= 11 is 0. The quantitative estimate of drug-likeness (QED) is 0.908. The summed E-state index contributed by atoms with van der Waals surface area (Å²) in [5.41, 5.74) is 0.395. The van der Waals surface area contributed by atoms with Gasteiger partial charge in [0.05, 0.1) is 6.20 Å². The SMILES string of the molecule is Cc1cnc(C(C)NC(=O)c2ccc(F)cc2)o1. The summed E-state index contributed by atoms with van der Waals surface area (Å²) in [6.45, 7) is 3.55. The molecular weight excluding hydrogens is 235 g/mol. The molecule has 1 aromatic carbocycles. The van der Waals surface area contributed by atoms with Gasteiger partial charge in [-0.3, -0.25) is 4.79 Å². The third kappa shape index (κ3) is 2.74. The number of hydrogen-bond donors (Lipinski definition) is 1. The normalized spacial score (nSPS) is 12.2.